The van der Waals surface area contributed by atoms with Gasteiger partial charge in [0.2, 0.25) is 0 Å². The number of anilines is 1. The Morgan fingerprint density at radius 2 is 1.57 bits per heavy atom. The number of hydrogen-bond acceptors (Lipinski definition) is 3. The van der Waals surface area contributed by atoms with Crippen LogP contribution in [0.25, 0.3) is 0 Å². The van der Waals surface area contributed by atoms with Gasteiger partial charge in [-0.25, -0.2) is 0 Å². The molecule has 2 nitrogen and oxygen atoms in total. The topological polar surface area (TPSA) is 29.3 Å². The predicted molar refractivity (Wildman–Crippen MR) is 105 cm³/mol. The molecule has 2 N–H and O–H groups in total. The van der Waals surface area contributed by atoms with Crippen molar-refractivity contribution in [2.24, 2.45) is 5.73 Å². The van der Waals surface area contributed by atoms with E-state index in [1.54, 1.807) is 24.1 Å². The van der Waals surface area contributed by atoms with Crippen LogP contribution < -0.4 is 10.0 Å². The van der Waals surface area contributed by atoms with Crippen LogP contribution in [0.5, 0.6) is 0 Å². The Hall–Kier alpha value is -1.02. The van der Waals surface area contributed by atoms with E-state index < -0.39 is 0 Å². The summed E-state index contributed by atoms with van der Waals surface area (Å²) in [7, 11) is 0. The van der Waals surface area contributed by atoms with Crippen molar-refractivity contribution in [1.29, 1.82) is 0 Å². The van der Waals surface area contributed by atoms with Gasteiger partial charge in [0.1, 0.15) is 0 Å². The van der Waals surface area contributed by atoms with Gasteiger partial charge >= 0.3 is 0 Å². The summed E-state index contributed by atoms with van der Waals surface area (Å²) in [4.78, 5) is 1.08. The highest BCUT2D eigenvalue weighted by molar-refractivity contribution is 8.00. The highest BCUT2D eigenvalue weighted by Crippen LogP contribution is 2.36. The van der Waals surface area contributed by atoms with E-state index in [-0.39, 0.29) is 0 Å². The maximum atomic E-state index is 6.30. The van der Waals surface area contributed by atoms with Gasteiger partial charge in [0.15, 0.2) is 0 Å². The van der Waals surface area contributed by atoms with Crippen LogP contribution >= 0.6 is 46.8 Å². The van der Waals surface area contributed by atoms with Crippen LogP contribution in [0, 0.1) is 12.8 Å². The van der Waals surface area contributed by atoms with Crippen molar-refractivity contribution in [3.05, 3.63) is 57.5 Å². The molecule has 0 heterocycles. The minimum atomic E-state index is 0.621. The monoisotopic (exact) mass is 386 g/mol. The maximum absolute atomic E-state index is 6.30. The van der Waals surface area contributed by atoms with Gasteiger partial charge < -0.3 is 10.0 Å². The number of benzene rings is 2. The summed E-state index contributed by atoms with van der Waals surface area (Å²) in [6.45, 7) is 1.40. The second-order valence-electron chi connectivity index (χ2n) is 4.39. The van der Waals surface area contributed by atoms with Gasteiger partial charge in [-0.1, -0.05) is 34.8 Å². The summed E-state index contributed by atoms with van der Waals surface area (Å²) in [6.07, 6.45) is 8.86. The molecule has 0 aromatic heterocycles. The fourth-order valence-corrected chi connectivity index (χ4v) is 3.29. The van der Waals surface area contributed by atoms with Gasteiger partial charge in [0.05, 0.1) is 10.7 Å². The van der Waals surface area contributed by atoms with Crippen LogP contribution in [-0.2, 0) is 0 Å². The number of halogens is 3. The van der Waals surface area contributed by atoms with E-state index in [4.69, 9.17) is 40.5 Å². The lowest BCUT2D eigenvalue weighted by molar-refractivity contribution is 0.845. The van der Waals surface area contributed by atoms with Crippen LogP contribution in [0.15, 0.2) is 47.4 Å². The first-order valence-corrected chi connectivity index (χ1v) is 8.70. The summed E-state index contributed by atoms with van der Waals surface area (Å²) in [5.41, 5.74) is 6.51. The van der Waals surface area contributed by atoms with Gasteiger partial charge in [-0.15, -0.1) is 12.8 Å². The van der Waals surface area contributed by atoms with E-state index in [1.807, 2.05) is 30.3 Å². The molecule has 23 heavy (non-hydrogen) atoms. The zero-order chi connectivity index (χ0) is 17.2. The van der Waals surface area contributed by atoms with Gasteiger partial charge in [-0.3, -0.25) is 0 Å². The van der Waals surface area contributed by atoms with Crippen LogP contribution in [0.3, 0.4) is 0 Å². The fourth-order valence-electron chi connectivity index (χ4n) is 1.75. The molecule has 0 unspecified atom stereocenters. The van der Waals surface area contributed by atoms with Crippen LogP contribution in [0.2, 0.25) is 15.1 Å². The first kappa shape index (κ1) is 20.0. The molecule has 0 aliphatic heterocycles. The molecule has 0 saturated carbocycles. The van der Waals surface area contributed by atoms with Crippen LogP contribution in [0.4, 0.5) is 5.69 Å². The zero-order valence-electron chi connectivity index (χ0n) is 12.4. The Bertz CT molecular complexity index is 629. The minimum absolute atomic E-state index is 0.621. The van der Waals surface area contributed by atoms with E-state index in [2.05, 4.69) is 17.2 Å². The van der Waals surface area contributed by atoms with E-state index in [9.17, 15) is 0 Å². The predicted octanol–water partition coefficient (Wildman–Crippen LogP) is 5.76. The third-order valence-electron chi connectivity index (χ3n) is 2.77. The molecule has 0 aliphatic rings. The smallest absolute Gasteiger partial charge is 0.0674 e. The molecule has 0 spiro atoms. The van der Waals surface area contributed by atoms with E-state index >= 15 is 0 Å². The lowest BCUT2D eigenvalue weighted by Crippen LogP contribution is -2.19. The van der Waals surface area contributed by atoms with Gasteiger partial charge in [0.25, 0.3) is 0 Å². The number of rotatable bonds is 6. The lowest BCUT2D eigenvalue weighted by Gasteiger charge is -2.24. The van der Waals surface area contributed by atoms with Crippen LogP contribution in [0.1, 0.15) is 6.42 Å². The standard InChI is InChI=1S/C15H15Cl3N2S.C2H2/c16-11-2-5-13(6-3-11)21-20(9-1-8-19)15-10-12(17)4-7-14(15)18;1-2/h2-7,10H,1,8-9,19H2;1-2H. The first-order chi connectivity index (χ1) is 11.1. The number of terminal acetylenes is 1. The zero-order valence-corrected chi connectivity index (χ0v) is 15.5. The molecule has 0 amide bonds. The largest absolute Gasteiger partial charge is 0.330 e. The molecule has 0 radical (unpaired) electrons. The molecular formula is C17H17Cl3N2S. The van der Waals surface area contributed by atoms with E-state index in [1.165, 1.54) is 0 Å². The quantitative estimate of drug-likeness (QED) is 0.505. The maximum Gasteiger partial charge on any atom is 0.0674 e. The Kier molecular flexibility index (Phi) is 9.31. The highest BCUT2D eigenvalue weighted by Gasteiger charge is 2.13. The van der Waals surface area contributed by atoms with Crippen molar-refractivity contribution in [2.75, 3.05) is 17.4 Å². The lowest BCUT2D eigenvalue weighted by atomic mass is 10.3. The SMILES string of the molecule is C#C.NCCCN(Sc1ccc(Cl)cc1)c1cc(Cl)ccc1Cl. The normalized spacial score (nSPS) is 9.83. The van der Waals surface area contributed by atoms with Crippen molar-refractivity contribution in [3.8, 4) is 12.8 Å². The first-order valence-electron chi connectivity index (χ1n) is 6.79. The second-order valence-corrected chi connectivity index (χ2v) is 6.76. The Morgan fingerprint density at radius 1 is 0.957 bits per heavy atom. The van der Waals surface area contributed by atoms with Gasteiger partial charge in [-0.05, 0) is 67.4 Å². The summed E-state index contributed by atoms with van der Waals surface area (Å²) in [6, 6.07) is 13.1. The van der Waals surface area contributed by atoms with E-state index in [0.29, 0.717) is 21.6 Å². The van der Waals surface area contributed by atoms with Crippen molar-refractivity contribution in [1.82, 2.24) is 0 Å². The Balaban J connectivity index is 0.00000127. The molecule has 2 aromatic rings. The Morgan fingerprint density at radius 3 is 2.17 bits per heavy atom. The van der Waals surface area contributed by atoms with Gasteiger partial charge in [-0.2, -0.15) is 0 Å². The molecule has 2 aromatic carbocycles. The van der Waals surface area contributed by atoms with Crippen molar-refractivity contribution in [2.45, 2.75) is 11.3 Å². The van der Waals surface area contributed by atoms with Gasteiger partial charge in [0, 0.05) is 21.5 Å². The Labute approximate surface area is 157 Å². The van der Waals surface area contributed by atoms with E-state index in [0.717, 1.165) is 23.5 Å². The molecule has 122 valence electrons. The highest BCUT2D eigenvalue weighted by atomic mass is 35.5. The third kappa shape index (κ3) is 6.55. The van der Waals surface area contributed by atoms with Crippen molar-refractivity contribution in [3.63, 3.8) is 0 Å². The summed E-state index contributed by atoms with van der Waals surface area (Å²) in [5, 5.41) is 2.04. The minimum Gasteiger partial charge on any atom is -0.330 e. The second kappa shape index (κ2) is 10.7. The summed E-state index contributed by atoms with van der Waals surface area (Å²) in [5.74, 6) is 0. The molecule has 0 fully saturated rings. The third-order valence-corrected chi connectivity index (χ3v) is 4.66. The molecular weight excluding hydrogens is 371 g/mol. The average molecular weight is 388 g/mol. The molecule has 0 saturated heterocycles. The van der Waals surface area contributed by atoms with Crippen molar-refractivity contribution >= 4 is 52.4 Å². The fraction of sp³-hybridized carbons (Fsp3) is 0.176. The molecule has 0 atom stereocenters. The average Bonchev–Trinajstić information content (AvgIpc) is 2.57. The number of hydrogen-bond donors (Lipinski definition) is 1. The molecule has 2 rings (SSSR count). The summed E-state index contributed by atoms with van der Waals surface area (Å²) >= 11 is 19.9. The number of nitrogens with zero attached hydrogens (tertiary/aromatic N) is 1. The van der Waals surface area contributed by atoms with Crippen LogP contribution in [-0.4, -0.2) is 13.1 Å². The number of nitrogens with two attached hydrogens (primary N) is 1. The molecule has 0 bridgehead atoms. The molecule has 0 aliphatic carbocycles. The van der Waals surface area contributed by atoms with Crippen molar-refractivity contribution < 1.29 is 0 Å². The summed E-state index contributed by atoms with van der Waals surface area (Å²) < 4.78 is 2.10. The molecule has 6 heteroatoms.